The van der Waals surface area contributed by atoms with Gasteiger partial charge in [0.05, 0.1) is 13.2 Å². The molecule has 4 heteroatoms. The Morgan fingerprint density at radius 2 is 1.13 bits per heavy atom. The van der Waals surface area contributed by atoms with Gasteiger partial charge in [0.25, 0.3) is 0 Å². The molecule has 0 bridgehead atoms. The summed E-state index contributed by atoms with van der Waals surface area (Å²) in [6.45, 7) is 9.56. The van der Waals surface area contributed by atoms with Crippen molar-refractivity contribution in [2.45, 2.75) is 33.1 Å². The van der Waals surface area contributed by atoms with Gasteiger partial charge in [-0.3, -0.25) is 0 Å². The Morgan fingerprint density at radius 3 is 1.52 bits per heavy atom. The molecule has 0 N–H and O–H groups in total. The molecule has 2 heterocycles. The molecule has 0 spiro atoms. The van der Waals surface area contributed by atoms with E-state index in [1.807, 2.05) is 26.0 Å². The van der Waals surface area contributed by atoms with Gasteiger partial charge < -0.3 is 18.9 Å². The lowest BCUT2D eigenvalue weighted by atomic mass is 9.77. The van der Waals surface area contributed by atoms with Crippen molar-refractivity contribution >= 4 is 0 Å². The smallest absolute Gasteiger partial charge is 0.173 e. The van der Waals surface area contributed by atoms with Crippen LogP contribution in [-0.4, -0.2) is 13.2 Å². The molecule has 120 valence electrons. The Bertz CT molecular complexity index is 727. The summed E-state index contributed by atoms with van der Waals surface area (Å²) in [4.78, 5) is 0. The molecule has 2 aliphatic rings. The van der Waals surface area contributed by atoms with Crippen LogP contribution in [0.3, 0.4) is 0 Å². The molecule has 0 amide bonds. The van der Waals surface area contributed by atoms with Crippen molar-refractivity contribution in [3.05, 3.63) is 35.4 Å². The van der Waals surface area contributed by atoms with Gasteiger partial charge in [-0.2, -0.15) is 0 Å². The zero-order chi connectivity index (χ0) is 16.2. The monoisotopic (exact) mass is 312 g/mol. The van der Waals surface area contributed by atoms with Crippen LogP contribution in [-0.2, 0) is 5.41 Å². The second kappa shape index (κ2) is 4.82. The van der Waals surface area contributed by atoms with E-state index in [9.17, 15) is 0 Å². The van der Waals surface area contributed by atoms with E-state index in [-0.39, 0.29) is 5.41 Å². The van der Waals surface area contributed by atoms with E-state index in [0.29, 0.717) is 13.2 Å². The summed E-state index contributed by atoms with van der Waals surface area (Å²) in [7, 11) is 0. The molecule has 23 heavy (non-hydrogen) atoms. The second-order valence-electron chi connectivity index (χ2n) is 6.29. The maximum atomic E-state index is 5.85. The standard InChI is InChI=1S/C19H20O4/c1-5-20-13-9-17-15(22-17)7-11(13)19(3,4)12-8-16-18(23-16)10-14(12)21-6-2/h7-10H,5-6H2,1-4H3. The van der Waals surface area contributed by atoms with Crippen LogP contribution in [0.1, 0.15) is 38.8 Å². The zero-order valence-corrected chi connectivity index (χ0v) is 13.9. The highest BCUT2D eigenvalue weighted by molar-refractivity contribution is 5.67. The summed E-state index contributed by atoms with van der Waals surface area (Å²) in [6, 6.07) is 8.09. The molecule has 0 aromatic heterocycles. The topological polar surface area (TPSA) is 43.5 Å². The zero-order valence-electron chi connectivity index (χ0n) is 13.9. The van der Waals surface area contributed by atoms with Gasteiger partial charge in [0.2, 0.25) is 0 Å². The molecule has 0 unspecified atom stereocenters. The molecule has 2 aromatic carbocycles. The molecule has 0 radical (unpaired) electrons. The average molecular weight is 312 g/mol. The number of fused-ring (bicyclic) bond motifs is 2. The van der Waals surface area contributed by atoms with Crippen LogP contribution in [0.4, 0.5) is 0 Å². The van der Waals surface area contributed by atoms with Crippen LogP contribution in [0.15, 0.2) is 24.3 Å². The third-order valence-corrected chi connectivity index (χ3v) is 4.39. The van der Waals surface area contributed by atoms with Crippen molar-refractivity contribution in [2.75, 3.05) is 13.2 Å². The van der Waals surface area contributed by atoms with Gasteiger partial charge in [-0.15, -0.1) is 0 Å². The van der Waals surface area contributed by atoms with Crippen molar-refractivity contribution in [1.29, 1.82) is 0 Å². The summed E-state index contributed by atoms with van der Waals surface area (Å²) < 4.78 is 22.6. The van der Waals surface area contributed by atoms with Crippen LogP contribution < -0.4 is 18.9 Å². The molecule has 0 saturated carbocycles. The summed E-state index contributed by atoms with van der Waals surface area (Å²) >= 11 is 0. The summed E-state index contributed by atoms with van der Waals surface area (Å²) in [5.74, 6) is 5.39. The largest absolute Gasteiger partial charge is 0.493 e. The van der Waals surface area contributed by atoms with E-state index in [2.05, 4.69) is 26.0 Å². The molecule has 0 saturated heterocycles. The molecule has 0 atom stereocenters. The predicted octanol–water partition coefficient (Wildman–Crippen LogP) is 5.02. The summed E-state index contributed by atoms with van der Waals surface area (Å²) in [5.41, 5.74) is 1.89. The number of rotatable bonds is 6. The van der Waals surface area contributed by atoms with Gasteiger partial charge >= 0.3 is 0 Å². The van der Waals surface area contributed by atoms with Crippen molar-refractivity contribution in [3.8, 4) is 34.5 Å². The van der Waals surface area contributed by atoms with Crippen LogP contribution in [0.25, 0.3) is 0 Å². The predicted molar refractivity (Wildman–Crippen MR) is 87.5 cm³/mol. The average Bonchev–Trinajstić information content (AvgIpc) is 3.40. The first kappa shape index (κ1) is 14.2. The van der Waals surface area contributed by atoms with Crippen molar-refractivity contribution in [2.24, 2.45) is 0 Å². The number of benzene rings is 2. The first-order valence-corrected chi connectivity index (χ1v) is 8.03. The highest BCUT2D eigenvalue weighted by atomic mass is 16.6. The molecular weight excluding hydrogens is 292 g/mol. The van der Waals surface area contributed by atoms with E-state index in [4.69, 9.17) is 18.9 Å². The maximum absolute atomic E-state index is 5.85. The second-order valence-corrected chi connectivity index (χ2v) is 6.29. The fourth-order valence-electron chi connectivity index (χ4n) is 3.06. The molecule has 4 rings (SSSR count). The Kier molecular flexibility index (Phi) is 2.98. The Balaban J connectivity index is 1.83. The lowest BCUT2D eigenvalue weighted by molar-refractivity contribution is 0.323. The Morgan fingerprint density at radius 1 is 0.739 bits per heavy atom. The van der Waals surface area contributed by atoms with Gasteiger partial charge in [-0.1, -0.05) is 13.8 Å². The summed E-state index contributed by atoms with van der Waals surface area (Å²) in [6.07, 6.45) is 0. The molecular formula is C19H20O4. The molecule has 0 aliphatic carbocycles. The maximum Gasteiger partial charge on any atom is 0.173 e. The Hall–Kier alpha value is -2.36. The van der Waals surface area contributed by atoms with Crippen molar-refractivity contribution in [3.63, 3.8) is 0 Å². The minimum absolute atomic E-state index is 0.295. The highest BCUT2D eigenvalue weighted by Gasteiger charge is 2.37. The van der Waals surface area contributed by atoms with E-state index in [1.165, 1.54) is 0 Å². The quantitative estimate of drug-likeness (QED) is 0.469. The minimum atomic E-state index is -0.295. The Labute approximate surface area is 135 Å². The lowest BCUT2D eigenvalue weighted by Crippen LogP contribution is -2.21. The van der Waals surface area contributed by atoms with Gasteiger partial charge in [0.15, 0.2) is 23.0 Å². The third kappa shape index (κ3) is 2.29. The number of hydrogen-bond acceptors (Lipinski definition) is 4. The highest BCUT2D eigenvalue weighted by Crippen LogP contribution is 2.56. The van der Waals surface area contributed by atoms with Crippen LogP contribution >= 0.6 is 0 Å². The fourth-order valence-corrected chi connectivity index (χ4v) is 3.06. The van der Waals surface area contributed by atoms with E-state index in [1.54, 1.807) is 0 Å². The van der Waals surface area contributed by atoms with Gasteiger partial charge in [-0.05, 0) is 26.0 Å². The molecule has 2 aliphatic heterocycles. The van der Waals surface area contributed by atoms with Gasteiger partial charge in [-0.25, -0.2) is 0 Å². The van der Waals surface area contributed by atoms with Gasteiger partial charge in [0.1, 0.15) is 11.5 Å². The van der Waals surface area contributed by atoms with Crippen LogP contribution in [0, 0.1) is 0 Å². The first-order valence-electron chi connectivity index (χ1n) is 8.03. The molecule has 0 fully saturated rings. The van der Waals surface area contributed by atoms with Crippen LogP contribution in [0.2, 0.25) is 0 Å². The minimum Gasteiger partial charge on any atom is -0.493 e. The number of hydrogen-bond donors (Lipinski definition) is 0. The van der Waals surface area contributed by atoms with E-state index in [0.717, 1.165) is 45.6 Å². The van der Waals surface area contributed by atoms with E-state index >= 15 is 0 Å². The third-order valence-electron chi connectivity index (χ3n) is 4.39. The number of ether oxygens (including phenoxy) is 4. The molecule has 4 nitrogen and oxygen atoms in total. The summed E-state index contributed by atoms with van der Waals surface area (Å²) in [5, 5.41) is 0. The van der Waals surface area contributed by atoms with Gasteiger partial charge in [0, 0.05) is 28.7 Å². The van der Waals surface area contributed by atoms with E-state index < -0.39 is 0 Å². The lowest BCUT2D eigenvalue weighted by Gasteiger charge is -2.28. The van der Waals surface area contributed by atoms with Crippen molar-refractivity contribution < 1.29 is 18.9 Å². The first-order chi connectivity index (χ1) is 11.0. The fraction of sp³-hybridized carbons (Fsp3) is 0.368. The SMILES string of the molecule is CCOc1cc2c(cc1C(C)(C)c1cc3c(cc1OCC)O3)O2. The van der Waals surface area contributed by atoms with Crippen LogP contribution in [0.5, 0.6) is 34.5 Å². The molecule has 2 aromatic rings. The van der Waals surface area contributed by atoms with Crippen molar-refractivity contribution in [1.82, 2.24) is 0 Å². The normalized spacial score (nSPS) is 13.4.